The lowest BCUT2D eigenvalue weighted by Gasteiger charge is -2.04. The third kappa shape index (κ3) is 4.45. The van der Waals surface area contributed by atoms with E-state index >= 15 is 0 Å². The highest BCUT2D eigenvalue weighted by atomic mass is 79.9. The first kappa shape index (κ1) is 15.3. The number of nitrogens with zero attached hydrogens (tertiary/aromatic N) is 1. The van der Waals surface area contributed by atoms with E-state index < -0.39 is 5.91 Å². The number of carbonyl (C=O) groups is 1. The highest BCUT2D eigenvalue weighted by Crippen LogP contribution is 2.17. The second kappa shape index (κ2) is 7.07. The summed E-state index contributed by atoms with van der Waals surface area (Å²) in [6.07, 6.45) is 1.54. The average Bonchev–Trinajstić information content (AvgIpc) is 2.47. The van der Waals surface area contributed by atoms with E-state index in [1.165, 1.54) is 6.08 Å². The van der Waals surface area contributed by atoms with Crippen molar-refractivity contribution < 1.29 is 4.79 Å². The maximum absolute atomic E-state index is 12.1. The van der Waals surface area contributed by atoms with Crippen molar-refractivity contribution in [1.29, 1.82) is 5.26 Å². The first-order valence-corrected chi connectivity index (χ1v) is 7.20. The van der Waals surface area contributed by atoms with Crippen molar-refractivity contribution in [2.24, 2.45) is 0 Å². The number of halogens is 2. The summed E-state index contributed by atoms with van der Waals surface area (Å²) >= 11 is 9.13. The molecule has 1 N–H and O–H groups in total. The molecule has 0 radical (unpaired) electrons. The van der Waals surface area contributed by atoms with Gasteiger partial charge in [-0.25, -0.2) is 0 Å². The van der Waals surface area contributed by atoms with E-state index in [1.54, 1.807) is 24.3 Å². The minimum Gasteiger partial charge on any atom is -0.321 e. The SMILES string of the molecule is N#C/C(=C/c1cccc(Br)c1)C(=O)Nc1ccc(Cl)cc1. The van der Waals surface area contributed by atoms with E-state index in [-0.39, 0.29) is 5.57 Å². The molecule has 0 heterocycles. The molecule has 3 nitrogen and oxygen atoms in total. The van der Waals surface area contributed by atoms with Crippen molar-refractivity contribution in [1.82, 2.24) is 0 Å². The second-order valence-electron chi connectivity index (χ2n) is 4.19. The highest BCUT2D eigenvalue weighted by molar-refractivity contribution is 9.10. The van der Waals surface area contributed by atoms with Gasteiger partial charge in [0.05, 0.1) is 0 Å². The number of nitrogens with one attached hydrogen (secondary N) is 1. The second-order valence-corrected chi connectivity index (χ2v) is 5.54. The third-order valence-electron chi connectivity index (χ3n) is 2.63. The van der Waals surface area contributed by atoms with E-state index in [0.717, 1.165) is 10.0 Å². The maximum Gasteiger partial charge on any atom is 0.266 e. The lowest BCUT2D eigenvalue weighted by Crippen LogP contribution is -2.13. The quantitative estimate of drug-likeness (QED) is 0.639. The van der Waals surface area contributed by atoms with Crippen molar-refractivity contribution in [2.75, 3.05) is 5.32 Å². The Labute approximate surface area is 136 Å². The molecule has 0 aliphatic heterocycles. The summed E-state index contributed by atoms with van der Waals surface area (Å²) in [4.78, 5) is 12.1. The van der Waals surface area contributed by atoms with Gasteiger partial charge in [-0.2, -0.15) is 5.26 Å². The van der Waals surface area contributed by atoms with E-state index in [4.69, 9.17) is 16.9 Å². The number of carbonyl (C=O) groups excluding carboxylic acids is 1. The normalized spacial score (nSPS) is 10.8. The number of benzene rings is 2. The molecule has 5 heteroatoms. The number of hydrogen-bond donors (Lipinski definition) is 1. The fraction of sp³-hybridized carbons (Fsp3) is 0. The van der Waals surface area contributed by atoms with Crippen molar-refractivity contribution in [2.45, 2.75) is 0 Å². The van der Waals surface area contributed by atoms with Crippen LogP contribution in [0.25, 0.3) is 6.08 Å². The predicted octanol–water partition coefficient (Wildman–Crippen LogP) is 4.65. The molecule has 104 valence electrons. The van der Waals surface area contributed by atoms with Crippen molar-refractivity contribution in [3.63, 3.8) is 0 Å². The molecule has 0 spiro atoms. The molecular formula is C16H10BrClN2O. The van der Waals surface area contributed by atoms with Gasteiger partial charge in [0, 0.05) is 15.2 Å². The van der Waals surface area contributed by atoms with Crippen LogP contribution in [0.4, 0.5) is 5.69 Å². The Balaban J connectivity index is 2.19. The summed E-state index contributed by atoms with van der Waals surface area (Å²) in [5, 5.41) is 12.4. The van der Waals surface area contributed by atoms with E-state index in [1.807, 2.05) is 30.3 Å². The molecule has 21 heavy (non-hydrogen) atoms. The van der Waals surface area contributed by atoms with Gasteiger partial charge in [0.1, 0.15) is 11.6 Å². The predicted molar refractivity (Wildman–Crippen MR) is 87.8 cm³/mol. The summed E-state index contributed by atoms with van der Waals surface area (Å²) in [5.41, 5.74) is 1.38. The Morgan fingerprint density at radius 3 is 2.57 bits per heavy atom. The van der Waals surface area contributed by atoms with Gasteiger partial charge in [0.25, 0.3) is 5.91 Å². The highest BCUT2D eigenvalue weighted by Gasteiger charge is 2.09. The Morgan fingerprint density at radius 1 is 1.24 bits per heavy atom. The van der Waals surface area contributed by atoms with E-state index in [2.05, 4.69) is 21.2 Å². The van der Waals surface area contributed by atoms with Crippen molar-refractivity contribution >= 4 is 45.2 Å². The summed E-state index contributed by atoms with van der Waals surface area (Å²) in [6, 6.07) is 15.9. The smallest absolute Gasteiger partial charge is 0.266 e. The van der Waals surface area contributed by atoms with Gasteiger partial charge in [-0.05, 0) is 48.0 Å². The summed E-state index contributed by atoms with van der Waals surface area (Å²) < 4.78 is 0.881. The van der Waals surface area contributed by atoms with Crippen LogP contribution < -0.4 is 5.32 Å². The van der Waals surface area contributed by atoms with Crippen LogP contribution >= 0.6 is 27.5 Å². The minimum atomic E-state index is -0.459. The number of anilines is 1. The molecule has 0 unspecified atom stereocenters. The molecule has 2 rings (SSSR count). The average molecular weight is 362 g/mol. The fourth-order valence-corrected chi connectivity index (χ4v) is 2.19. The van der Waals surface area contributed by atoms with Gasteiger partial charge < -0.3 is 5.32 Å². The van der Waals surface area contributed by atoms with Gasteiger partial charge in [-0.1, -0.05) is 39.7 Å². The molecule has 0 fully saturated rings. The molecule has 0 bridgehead atoms. The molecule has 0 aliphatic rings. The van der Waals surface area contributed by atoms with Gasteiger partial charge in [0.2, 0.25) is 0 Å². The zero-order chi connectivity index (χ0) is 15.2. The zero-order valence-electron chi connectivity index (χ0n) is 10.8. The molecule has 0 saturated carbocycles. The van der Waals surface area contributed by atoms with Crippen LogP contribution in [0, 0.1) is 11.3 Å². The van der Waals surface area contributed by atoms with Gasteiger partial charge >= 0.3 is 0 Å². The Morgan fingerprint density at radius 2 is 1.95 bits per heavy atom. The Bertz CT molecular complexity index is 733. The first-order chi connectivity index (χ1) is 10.1. The fourth-order valence-electron chi connectivity index (χ4n) is 1.64. The largest absolute Gasteiger partial charge is 0.321 e. The van der Waals surface area contributed by atoms with Crippen molar-refractivity contribution in [3.8, 4) is 6.07 Å². The summed E-state index contributed by atoms with van der Waals surface area (Å²) in [6.45, 7) is 0. The van der Waals surface area contributed by atoms with Crippen LogP contribution in [0.5, 0.6) is 0 Å². The van der Waals surface area contributed by atoms with Gasteiger partial charge in [-0.15, -0.1) is 0 Å². The maximum atomic E-state index is 12.1. The number of hydrogen-bond acceptors (Lipinski definition) is 2. The van der Waals surface area contributed by atoms with Crippen LogP contribution in [-0.2, 0) is 4.79 Å². The van der Waals surface area contributed by atoms with Crippen LogP contribution in [0.1, 0.15) is 5.56 Å². The van der Waals surface area contributed by atoms with E-state index in [0.29, 0.717) is 10.7 Å². The van der Waals surface area contributed by atoms with Crippen LogP contribution in [0.15, 0.2) is 58.6 Å². The third-order valence-corrected chi connectivity index (χ3v) is 3.37. The monoisotopic (exact) mass is 360 g/mol. The number of rotatable bonds is 3. The molecule has 2 aromatic rings. The molecule has 0 aromatic heterocycles. The standard InChI is InChI=1S/C16H10BrClN2O/c17-13-3-1-2-11(9-13)8-12(10-19)16(21)20-15-6-4-14(18)5-7-15/h1-9H,(H,20,21)/b12-8-. The van der Waals surface area contributed by atoms with E-state index in [9.17, 15) is 4.79 Å². The summed E-state index contributed by atoms with van der Waals surface area (Å²) in [7, 11) is 0. The number of nitriles is 1. The Kier molecular flexibility index (Phi) is 5.15. The first-order valence-electron chi connectivity index (χ1n) is 6.03. The molecule has 0 aliphatic carbocycles. The van der Waals surface area contributed by atoms with Crippen LogP contribution in [-0.4, -0.2) is 5.91 Å². The van der Waals surface area contributed by atoms with Crippen LogP contribution in [0.3, 0.4) is 0 Å². The minimum absolute atomic E-state index is 0.0306. The zero-order valence-corrected chi connectivity index (χ0v) is 13.1. The summed E-state index contributed by atoms with van der Waals surface area (Å²) in [5.74, 6) is -0.459. The molecule has 1 amide bonds. The molecule has 0 atom stereocenters. The number of amides is 1. The molecular weight excluding hydrogens is 352 g/mol. The van der Waals surface area contributed by atoms with Crippen molar-refractivity contribution in [3.05, 3.63) is 69.2 Å². The molecule has 2 aromatic carbocycles. The molecule has 0 saturated heterocycles. The van der Waals surface area contributed by atoms with Gasteiger partial charge in [0.15, 0.2) is 0 Å². The topological polar surface area (TPSA) is 52.9 Å². The lowest BCUT2D eigenvalue weighted by molar-refractivity contribution is -0.112. The van der Waals surface area contributed by atoms with Crippen LogP contribution in [0.2, 0.25) is 5.02 Å². The Hall–Kier alpha value is -2.09. The lowest BCUT2D eigenvalue weighted by atomic mass is 10.1. The van der Waals surface area contributed by atoms with Gasteiger partial charge in [-0.3, -0.25) is 4.79 Å².